The Morgan fingerprint density at radius 2 is 1.78 bits per heavy atom. The van der Waals surface area contributed by atoms with E-state index in [-0.39, 0.29) is 11.3 Å². The minimum Gasteiger partial charge on any atom is -0.340 e. The number of nitrogens with zero attached hydrogens (tertiary/aromatic N) is 2. The average Bonchev–Trinajstić information content (AvgIpc) is 3.11. The lowest BCUT2D eigenvalue weighted by molar-refractivity contribution is 0.0881. The van der Waals surface area contributed by atoms with Crippen molar-refractivity contribution in [1.82, 2.24) is 15.5 Å². The number of aromatic nitrogens is 2. The van der Waals surface area contributed by atoms with Gasteiger partial charge in [-0.1, -0.05) is 79.5 Å². The number of hydrogen-bond acceptors (Lipinski definition) is 4. The van der Waals surface area contributed by atoms with Gasteiger partial charge in [0.15, 0.2) is 0 Å². The van der Waals surface area contributed by atoms with Crippen molar-refractivity contribution in [2.45, 2.75) is 26.8 Å². The van der Waals surface area contributed by atoms with Crippen molar-refractivity contribution in [3.05, 3.63) is 70.0 Å². The van der Waals surface area contributed by atoms with E-state index in [9.17, 15) is 4.79 Å². The van der Waals surface area contributed by atoms with Crippen LogP contribution in [-0.4, -0.2) is 16.0 Å². The molecule has 0 aliphatic rings. The molecule has 0 spiro atoms. The third kappa shape index (κ3) is 4.49. The van der Waals surface area contributed by atoms with Gasteiger partial charge >= 0.3 is 0 Å². The van der Waals surface area contributed by atoms with E-state index in [1.807, 2.05) is 51.1 Å². The molecule has 0 aliphatic heterocycles. The third-order valence-corrected chi connectivity index (χ3v) is 4.78. The summed E-state index contributed by atoms with van der Waals surface area (Å²) in [5.41, 5.74) is 0.893. The fraction of sp³-hybridized carbons (Fsp3) is 0.250. The Morgan fingerprint density at radius 3 is 2.41 bits per heavy atom. The molecule has 2 aromatic carbocycles. The molecule has 0 saturated heterocycles. The maximum atomic E-state index is 12.7. The molecule has 0 bridgehead atoms. The first-order valence-electron chi connectivity index (χ1n) is 8.40. The molecule has 140 valence electrons. The predicted molar refractivity (Wildman–Crippen MR) is 106 cm³/mol. The van der Waals surface area contributed by atoms with Crippen LogP contribution in [0.2, 0.25) is 10.0 Å². The SMILES string of the molecule is CC(C)(C)[C@@H](NC(=O)c1ccc(Cl)c(Cl)c1)c1nc(-c2ccccc2)no1. The summed E-state index contributed by atoms with van der Waals surface area (Å²) in [6.07, 6.45) is 0. The zero-order chi connectivity index (χ0) is 19.6. The maximum absolute atomic E-state index is 12.7. The van der Waals surface area contributed by atoms with Crippen molar-refractivity contribution in [1.29, 1.82) is 0 Å². The van der Waals surface area contributed by atoms with Crippen LogP contribution in [0.5, 0.6) is 0 Å². The van der Waals surface area contributed by atoms with Gasteiger partial charge in [0.25, 0.3) is 5.91 Å². The van der Waals surface area contributed by atoms with Gasteiger partial charge in [0.2, 0.25) is 11.7 Å². The van der Waals surface area contributed by atoms with Crippen LogP contribution < -0.4 is 5.32 Å². The Balaban J connectivity index is 1.88. The monoisotopic (exact) mass is 403 g/mol. The summed E-state index contributed by atoms with van der Waals surface area (Å²) < 4.78 is 5.46. The number of benzene rings is 2. The molecular formula is C20H19Cl2N3O2. The first-order chi connectivity index (χ1) is 12.8. The summed E-state index contributed by atoms with van der Waals surface area (Å²) in [4.78, 5) is 17.2. The minimum absolute atomic E-state index is 0.298. The largest absolute Gasteiger partial charge is 0.340 e. The van der Waals surface area contributed by atoms with Crippen LogP contribution in [0.3, 0.4) is 0 Å². The van der Waals surface area contributed by atoms with Gasteiger partial charge in [-0.3, -0.25) is 4.79 Å². The molecule has 1 N–H and O–H groups in total. The van der Waals surface area contributed by atoms with Crippen LogP contribution in [0.4, 0.5) is 0 Å². The van der Waals surface area contributed by atoms with Crippen molar-refractivity contribution in [3.8, 4) is 11.4 Å². The maximum Gasteiger partial charge on any atom is 0.252 e. The van der Waals surface area contributed by atoms with Crippen molar-refractivity contribution in [2.24, 2.45) is 5.41 Å². The molecule has 0 aliphatic carbocycles. The smallest absolute Gasteiger partial charge is 0.252 e. The van der Waals surface area contributed by atoms with Crippen LogP contribution in [0, 0.1) is 5.41 Å². The number of nitrogens with one attached hydrogen (secondary N) is 1. The van der Waals surface area contributed by atoms with Gasteiger partial charge in [0.05, 0.1) is 10.0 Å². The summed E-state index contributed by atoms with van der Waals surface area (Å²) in [7, 11) is 0. The Labute approximate surface area is 167 Å². The highest BCUT2D eigenvalue weighted by atomic mass is 35.5. The molecule has 3 aromatic rings. The predicted octanol–water partition coefficient (Wildman–Crippen LogP) is 5.56. The first-order valence-corrected chi connectivity index (χ1v) is 9.16. The summed E-state index contributed by atoms with van der Waals surface area (Å²) >= 11 is 11.9. The average molecular weight is 404 g/mol. The van der Waals surface area contributed by atoms with Crippen LogP contribution in [0.25, 0.3) is 11.4 Å². The molecule has 1 heterocycles. The molecule has 0 saturated carbocycles. The summed E-state index contributed by atoms with van der Waals surface area (Å²) in [6, 6.07) is 13.8. The van der Waals surface area contributed by atoms with Gasteiger partial charge in [-0.25, -0.2) is 0 Å². The topological polar surface area (TPSA) is 68.0 Å². The molecule has 5 nitrogen and oxygen atoms in total. The van der Waals surface area contributed by atoms with Crippen molar-refractivity contribution in [2.75, 3.05) is 0 Å². The first kappa shape index (κ1) is 19.4. The fourth-order valence-corrected chi connectivity index (χ4v) is 2.86. The summed E-state index contributed by atoms with van der Waals surface area (Å²) in [5.74, 6) is 0.520. The van der Waals surface area contributed by atoms with Crippen LogP contribution in [0.15, 0.2) is 53.1 Å². The quantitative estimate of drug-likeness (QED) is 0.618. The number of amides is 1. The molecule has 0 unspecified atom stereocenters. The van der Waals surface area contributed by atoms with Gasteiger partial charge in [-0.05, 0) is 23.6 Å². The van der Waals surface area contributed by atoms with Crippen LogP contribution in [0.1, 0.15) is 43.1 Å². The molecule has 3 rings (SSSR count). The van der Waals surface area contributed by atoms with E-state index in [1.165, 1.54) is 6.07 Å². The second-order valence-corrected chi connectivity index (χ2v) is 8.04. The Kier molecular flexibility index (Phi) is 5.53. The molecule has 27 heavy (non-hydrogen) atoms. The number of carbonyl (C=O) groups is 1. The van der Waals surface area contributed by atoms with Crippen molar-refractivity contribution >= 4 is 29.1 Å². The summed E-state index contributed by atoms with van der Waals surface area (Å²) in [5, 5.41) is 7.73. The lowest BCUT2D eigenvalue weighted by Gasteiger charge is -2.28. The minimum atomic E-state index is -0.482. The molecule has 1 atom stereocenters. The lowest BCUT2D eigenvalue weighted by Crippen LogP contribution is -2.36. The highest BCUT2D eigenvalue weighted by Crippen LogP contribution is 2.33. The lowest BCUT2D eigenvalue weighted by atomic mass is 9.86. The number of halogens is 2. The van der Waals surface area contributed by atoms with Gasteiger partial charge in [0, 0.05) is 11.1 Å². The number of carbonyl (C=O) groups excluding carboxylic acids is 1. The van der Waals surface area contributed by atoms with Crippen molar-refractivity contribution in [3.63, 3.8) is 0 Å². The normalized spacial score (nSPS) is 12.6. The van der Waals surface area contributed by atoms with Gasteiger partial charge < -0.3 is 9.84 Å². The molecule has 1 amide bonds. The number of hydrogen-bond donors (Lipinski definition) is 1. The Morgan fingerprint density at radius 1 is 1.07 bits per heavy atom. The standard InChI is InChI=1S/C20H19Cl2N3O2/c1-20(2,3)16(23-18(26)13-9-10-14(21)15(22)11-13)19-24-17(25-27-19)12-7-5-4-6-8-12/h4-11,16H,1-3H3,(H,23,26)/t16-/m0/s1. The second kappa shape index (κ2) is 7.71. The number of rotatable bonds is 4. The van der Waals surface area contributed by atoms with E-state index in [0.717, 1.165) is 5.56 Å². The van der Waals surface area contributed by atoms with E-state index >= 15 is 0 Å². The second-order valence-electron chi connectivity index (χ2n) is 7.22. The molecule has 0 radical (unpaired) electrons. The molecule has 0 fully saturated rings. The molecule has 1 aromatic heterocycles. The van der Waals surface area contributed by atoms with Gasteiger partial charge in [-0.15, -0.1) is 0 Å². The Bertz CT molecular complexity index is 949. The van der Waals surface area contributed by atoms with Crippen LogP contribution in [-0.2, 0) is 0 Å². The van der Waals surface area contributed by atoms with E-state index in [2.05, 4.69) is 15.5 Å². The molecule has 7 heteroatoms. The van der Waals surface area contributed by atoms with Crippen molar-refractivity contribution < 1.29 is 9.32 Å². The zero-order valence-corrected chi connectivity index (χ0v) is 16.7. The van der Waals surface area contributed by atoms with E-state index in [4.69, 9.17) is 27.7 Å². The highest BCUT2D eigenvalue weighted by molar-refractivity contribution is 6.42. The highest BCUT2D eigenvalue weighted by Gasteiger charge is 2.33. The molecular weight excluding hydrogens is 385 g/mol. The van der Waals surface area contributed by atoms with E-state index < -0.39 is 6.04 Å². The van der Waals surface area contributed by atoms with Crippen LogP contribution >= 0.6 is 23.2 Å². The third-order valence-electron chi connectivity index (χ3n) is 4.04. The van der Waals surface area contributed by atoms with E-state index in [1.54, 1.807) is 12.1 Å². The fourth-order valence-electron chi connectivity index (χ4n) is 2.56. The zero-order valence-electron chi connectivity index (χ0n) is 15.2. The summed E-state index contributed by atoms with van der Waals surface area (Å²) in [6.45, 7) is 5.96. The Hall–Kier alpha value is -2.37. The van der Waals surface area contributed by atoms with E-state index in [0.29, 0.717) is 27.3 Å². The van der Waals surface area contributed by atoms with Gasteiger partial charge in [-0.2, -0.15) is 4.98 Å². The van der Waals surface area contributed by atoms with Gasteiger partial charge in [0.1, 0.15) is 6.04 Å².